The second kappa shape index (κ2) is 7.21. The Morgan fingerprint density at radius 1 is 1.40 bits per heavy atom. The molecule has 0 fully saturated rings. The van der Waals surface area contributed by atoms with E-state index in [0.29, 0.717) is 0 Å². The lowest BCUT2D eigenvalue weighted by molar-refractivity contribution is -0.0441. The van der Waals surface area contributed by atoms with Gasteiger partial charge in [0.05, 0.1) is 0 Å². The first-order valence-electron chi connectivity index (χ1n) is 3.61. The van der Waals surface area contributed by atoms with Crippen LogP contribution < -0.4 is 5.32 Å². The fraction of sp³-hybridized carbons (Fsp3) is 1.00. The van der Waals surface area contributed by atoms with Gasteiger partial charge in [-0.3, -0.25) is 0 Å². The van der Waals surface area contributed by atoms with Crippen molar-refractivity contribution in [1.82, 2.24) is 5.32 Å². The number of hydrogen-bond acceptors (Lipinski definition) is 3. The Morgan fingerprint density at radius 3 is 2.40 bits per heavy atom. The number of ether oxygens (including phenoxy) is 2. The first kappa shape index (κ1) is 10.1. The highest BCUT2D eigenvalue weighted by Crippen LogP contribution is 1.85. The summed E-state index contributed by atoms with van der Waals surface area (Å²) in [7, 11) is 3.13. The third kappa shape index (κ3) is 4.93. The quantitative estimate of drug-likeness (QED) is 0.319. The molecule has 0 aliphatic rings. The van der Waals surface area contributed by atoms with Gasteiger partial charge in [0.1, 0.15) is 15.4 Å². The van der Waals surface area contributed by atoms with E-state index in [9.17, 15) is 0 Å². The molecular formula is C6H17NO2Si. The summed E-state index contributed by atoms with van der Waals surface area (Å²) in [5.41, 5.74) is 0. The Kier molecular flexibility index (Phi) is 7.28. The second-order valence-corrected chi connectivity index (χ2v) is 3.79. The third-order valence-electron chi connectivity index (χ3n) is 1.33. The summed E-state index contributed by atoms with van der Waals surface area (Å²) >= 11 is 0. The predicted molar refractivity (Wildman–Crippen MR) is 44.9 cm³/mol. The minimum atomic E-state index is -0.241. The van der Waals surface area contributed by atoms with E-state index in [2.05, 4.69) is 12.2 Å². The van der Waals surface area contributed by atoms with Crippen molar-refractivity contribution in [2.75, 3.05) is 26.9 Å². The third-order valence-corrected chi connectivity index (χ3v) is 3.11. The van der Waals surface area contributed by atoms with Crippen molar-refractivity contribution >= 4 is 9.52 Å². The van der Waals surface area contributed by atoms with Gasteiger partial charge in [-0.2, -0.15) is 0 Å². The second-order valence-electron chi connectivity index (χ2n) is 2.04. The highest BCUT2D eigenvalue weighted by molar-refractivity contribution is 6.36. The Balaban J connectivity index is 3.09. The zero-order valence-electron chi connectivity index (χ0n) is 7.02. The number of nitrogens with one attached hydrogen (secondary N) is 1. The Morgan fingerprint density at radius 2 is 2.00 bits per heavy atom. The largest absolute Gasteiger partial charge is 0.360 e. The molecule has 62 valence electrons. The topological polar surface area (TPSA) is 30.5 Å². The van der Waals surface area contributed by atoms with Gasteiger partial charge in [0.2, 0.25) is 0 Å². The van der Waals surface area contributed by atoms with Crippen LogP contribution in [-0.4, -0.2) is 42.4 Å². The first-order valence-corrected chi connectivity index (χ1v) is 5.43. The SMILES string of the molecule is CCNC[SiH2]C(OC)OC. The molecule has 0 unspecified atom stereocenters. The maximum atomic E-state index is 5.05. The monoisotopic (exact) mass is 163 g/mol. The molecule has 4 heteroatoms. The molecule has 10 heavy (non-hydrogen) atoms. The van der Waals surface area contributed by atoms with Gasteiger partial charge in [0, 0.05) is 14.2 Å². The van der Waals surface area contributed by atoms with Crippen molar-refractivity contribution in [2.24, 2.45) is 0 Å². The van der Waals surface area contributed by atoms with Gasteiger partial charge in [-0.25, -0.2) is 0 Å². The number of hydrogen-bond donors (Lipinski definition) is 1. The van der Waals surface area contributed by atoms with Crippen molar-refractivity contribution in [3.63, 3.8) is 0 Å². The molecule has 0 aliphatic heterocycles. The smallest absolute Gasteiger partial charge is 0.135 e. The van der Waals surface area contributed by atoms with E-state index < -0.39 is 0 Å². The molecule has 0 aromatic heterocycles. The molecule has 0 saturated carbocycles. The maximum Gasteiger partial charge on any atom is 0.135 e. The Hall–Kier alpha value is 0.0969. The fourth-order valence-electron chi connectivity index (χ4n) is 0.729. The highest BCUT2D eigenvalue weighted by Gasteiger charge is 2.02. The van der Waals surface area contributed by atoms with Gasteiger partial charge in [-0.05, 0) is 12.7 Å². The van der Waals surface area contributed by atoms with Crippen molar-refractivity contribution in [2.45, 2.75) is 12.8 Å². The van der Waals surface area contributed by atoms with Crippen LogP contribution in [0.15, 0.2) is 0 Å². The molecular weight excluding hydrogens is 146 g/mol. The summed E-state index contributed by atoms with van der Waals surface area (Å²) < 4.78 is 10.1. The van der Waals surface area contributed by atoms with Gasteiger partial charge in [-0.15, -0.1) is 0 Å². The summed E-state index contributed by atoms with van der Waals surface area (Å²) in [4.78, 5) is 0. The van der Waals surface area contributed by atoms with Gasteiger partial charge in [0.15, 0.2) is 0 Å². The highest BCUT2D eigenvalue weighted by atomic mass is 28.2. The molecule has 0 aromatic rings. The van der Waals surface area contributed by atoms with E-state index in [-0.39, 0.29) is 15.4 Å². The molecule has 0 amide bonds. The molecule has 0 saturated heterocycles. The van der Waals surface area contributed by atoms with Crippen LogP contribution in [0, 0.1) is 0 Å². The van der Waals surface area contributed by atoms with Gasteiger partial charge >= 0.3 is 0 Å². The average Bonchev–Trinajstić information content (AvgIpc) is 1.99. The van der Waals surface area contributed by atoms with Crippen LogP contribution >= 0.6 is 0 Å². The van der Waals surface area contributed by atoms with Crippen molar-refractivity contribution < 1.29 is 9.47 Å². The van der Waals surface area contributed by atoms with Gasteiger partial charge in [0.25, 0.3) is 0 Å². The molecule has 0 aromatic carbocycles. The number of methoxy groups -OCH3 is 2. The minimum Gasteiger partial charge on any atom is -0.360 e. The fourth-order valence-corrected chi connectivity index (χ4v) is 1.99. The zero-order valence-corrected chi connectivity index (χ0v) is 8.43. The summed E-state index contributed by atoms with van der Waals surface area (Å²) in [6.07, 6.45) is 1.09. The van der Waals surface area contributed by atoms with Crippen LogP contribution in [0.3, 0.4) is 0 Å². The summed E-state index contributed by atoms with van der Waals surface area (Å²) in [6, 6.07) is 0. The van der Waals surface area contributed by atoms with Crippen molar-refractivity contribution in [1.29, 1.82) is 0 Å². The van der Waals surface area contributed by atoms with Crippen LogP contribution in [0.1, 0.15) is 6.92 Å². The standard InChI is InChI=1S/C6H17NO2Si/c1-4-7-5-10-6(8-2)9-3/h6-7H,4-5,10H2,1-3H3. The van der Waals surface area contributed by atoms with Crippen molar-refractivity contribution in [3.05, 3.63) is 0 Å². The normalized spacial score (nSPS) is 12.0. The molecule has 0 radical (unpaired) electrons. The maximum absolute atomic E-state index is 5.05. The first-order chi connectivity index (χ1) is 4.85. The summed E-state index contributed by atoms with van der Waals surface area (Å²) in [6.45, 7) is 3.14. The van der Waals surface area contributed by atoms with Crippen molar-refractivity contribution in [3.8, 4) is 0 Å². The van der Waals surface area contributed by atoms with Crippen LogP contribution in [0.25, 0.3) is 0 Å². The van der Waals surface area contributed by atoms with Crippen LogP contribution in [0.5, 0.6) is 0 Å². The van der Waals surface area contributed by atoms with Crippen LogP contribution in [0.4, 0.5) is 0 Å². The number of rotatable bonds is 6. The zero-order chi connectivity index (χ0) is 7.82. The molecule has 0 aliphatic carbocycles. The minimum absolute atomic E-state index is 0.0825. The summed E-state index contributed by atoms with van der Waals surface area (Å²) in [5, 5.41) is 3.25. The lowest BCUT2D eigenvalue weighted by Crippen LogP contribution is -2.31. The molecule has 0 spiro atoms. The van der Waals surface area contributed by atoms with E-state index in [1.165, 1.54) is 0 Å². The lowest BCUT2D eigenvalue weighted by Gasteiger charge is -2.11. The molecule has 0 bridgehead atoms. The van der Waals surface area contributed by atoms with E-state index in [1.54, 1.807) is 14.2 Å². The van der Waals surface area contributed by atoms with E-state index in [1.807, 2.05) is 0 Å². The summed E-state index contributed by atoms with van der Waals surface area (Å²) in [5.74, 6) is 0.0825. The lowest BCUT2D eigenvalue weighted by atomic mass is 10.8. The van der Waals surface area contributed by atoms with Crippen LogP contribution in [-0.2, 0) is 9.47 Å². The van der Waals surface area contributed by atoms with Gasteiger partial charge < -0.3 is 14.8 Å². The molecule has 1 N–H and O–H groups in total. The Bertz CT molecular complexity index is 68.8. The van der Waals surface area contributed by atoms with E-state index >= 15 is 0 Å². The van der Waals surface area contributed by atoms with E-state index in [0.717, 1.165) is 12.7 Å². The molecule has 0 heterocycles. The predicted octanol–water partition coefficient (Wildman–Crippen LogP) is -0.701. The molecule has 0 atom stereocenters. The van der Waals surface area contributed by atoms with Gasteiger partial charge in [-0.1, -0.05) is 6.92 Å². The molecule has 0 rings (SSSR count). The Labute approximate surface area is 64.9 Å². The van der Waals surface area contributed by atoms with Crippen LogP contribution in [0.2, 0.25) is 0 Å². The molecule has 3 nitrogen and oxygen atoms in total. The average molecular weight is 163 g/mol. The van der Waals surface area contributed by atoms with E-state index in [4.69, 9.17) is 9.47 Å².